The summed E-state index contributed by atoms with van der Waals surface area (Å²) in [4.78, 5) is 24.0. The van der Waals surface area contributed by atoms with E-state index in [1.807, 2.05) is 30.3 Å². The SMILES string of the molecule is CC(C)c1ccc(NC(=O)COC(=O)[C@@H]2COc3ccccc3O2)cc1. The molecule has 1 heterocycles. The van der Waals surface area contributed by atoms with E-state index in [0.29, 0.717) is 23.1 Å². The number of carbonyl (C=O) groups is 2. The predicted octanol–water partition coefficient (Wildman–Crippen LogP) is 3.13. The number of para-hydroxylation sites is 2. The Labute approximate surface area is 152 Å². The second-order valence-electron chi connectivity index (χ2n) is 6.30. The summed E-state index contributed by atoms with van der Waals surface area (Å²) >= 11 is 0. The van der Waals surface area contributed by atoms with Gasteiger partial charge in [0.15, 0.2) is 18.1 Å². The van der Waals surface area contributed by atoms with Crippen LogP contribution in [0.2, 0.25) is 0 Å². The third kappa shape index (κ3) is 4.33. The highest BCUT2D eigenvalue weighted by atomic mass is 16.6. The van der Waals surface area contributed by atoms with Crippen LogP contribution in [0.3, 0.4) is 0 Å². The Balaban J connectivity index is 1.48. The van der Waals surface area contributed by atoms with Crippen LogP contribution in [-0.4, -0.2) is 31.2 Å². The normalized spacial score (nSPS) is 15.4. The van der Waals surface area contributed by atoms with Crippen LogP contribution in [0.15, 0.2) is 48.5 Å². The number of ether oxygens (including phenoxy) is 3. The number of benzene rings is 2. The molecule has 2 aromatic rings. The van der Waals surface area contributed by atoms with Crippen LogP contribution in [0.25, 0.3) is 0 Å². The number of anilines is 1. The molecule has 136 valence electrons. The predicted molar refractivity (Wildman–Crippen MR) is 96.5 cm³/mol. The number of esters is 1. The van der Waals surface area contributed by atoms with Gasteiger partial charge in [-0.25, -0.2) is 4.79 Å². The molecule has 2 aromatic carbocycles. The minimum absolute atomic E-state index is 0.0497. The Morgan fingerprint density at radius 1 is 1.12 bits per heavy atom. The molecular weight excluding hydrogens is 334 g/mol. The number of carbonyl (C=O) groups excluding carboxylic acids is 2. The van der Waals surface area contributed by atoms with E-state index in [-0.39, 0.29) is 13.2 Å². The third-order valence-electron chi connectivity index (χ3n) is 3.98. The van der Waals surface area contributed by atoms with Gasteiger partial charge in [-0.1, -0.05) is 38.1 Å². The summed E-state index contributed by atoms with van der Waals surface area (Å²) in [6.45, 7) is 3.87. The molecule has 1 atom stereocenters. The van der Waals surface area contributed by atoms with Gasteiger partial charge < -0.3 is 19.5 Å². The Morgan fingerprint density at radius 2 is 1.81 bits per heavy atom. The highest BCUT2D eigenvalue weighted by molar-refractivity contribution is 5.93. The highest BCUT2D eigenvalue weighted by Gasteiger charge is 2.29. The number of hydrogen-bond acceptors (Lipinski definition) is 5. The molecule has 0 saturated heterocycles. The molecule has 1 amide bonds. The molecule has 3 rings (SSSR count). The Hall–Kier alpha value is -3.02. The monoisotopic (exact) mass is 355 g/mol. The number of hydrogen-bond donors (Lipinski definition) is 1. The minimum Gasteiger partial charge on any atom is -0.485 e. The minimum atomic E-state index is -0.886. The summed E-state index contributed by atoms with van der Waals surface area (Å²) in [5, 5.41) is 2.69. The van der Waals surface area contributed by atoms with Gasteiger partial charge in [-0.05, 0) is 35.7 Å². The topological polar surface area (TPSA) is 73.9 Å². The van der Waals surface area contributed by atoms with E-state index in [2.05, 4.69) is 19.2 Å². The van der Waals surface area contributed by atoms with Crippen molar-refractivity contribution in [2.45, 2.75) is 25.9 Å². The van der Waals surface area contributed by atoms with Crippen molar-refractivity contribution in [2.24, 2.45) is 0 Å². The number of rotatable bonds is 5. The van der Waals surface area contributed by atoms with Crippen molar-refractivity contribution in [2.75, 3.05) is 18.5 Å². The van der Waals surface area contributed by atoms with Gasteiger partial charge in [0.25, 0.3) is 5.91 Å². The lowest BCUT2D eigenvalue weighted by molar-refractivity contribution is -0.156. The van der Waals surface area contributed by atoms with Gasteiger partial charge in [0.2, 0.25) is 6.10 Å². The molecule has 1 N–H and O–H groups in total. The number of amides is 1. The smallest absolute Gasteiger partial charge is 0.351 e. The van der Waals surface area contributed by atoms with E-state index in [4.69, 9.17) is 14.2 Å². The molecule has 0 radical (unpaired) electrons. The largest absolute Gasteiger partial charge is 0.485 e. The van der Waals surface area contributed by atoms with Crippen LogP contribution in [0.4, 0.5) is 5.69 Å². The molecule has 6 nitrogen and oxygen atoms in total. The maximum Gasteiger partial charge on any atom is 0.351 e. The molecule has 0 saturated carbocycles. The zero-order valence-electron chi connectivity index (χ0n) is 14.7. The second-order valence-corrected chi connectivity index (χ2v) is 6.30. The lowest BCUT2D eigenvalue weighted by Gasteiger charge is -2.24. The van der Waals surface area contributed by atoms with Crippen molar-refractivity contribution in [1.82, 2.24) is 0 Å². The van der Waals surface area contributed by atoms with Gasteiger partial charge in [-0.3, -0.25) is 4.79 Å². The molecule has 1 aliphatic heterocycles. The lowest BCUT2D eigenvalue weighted by Crippen LogP contribution is -2.39. The zero-order valence-corrected chi connectivity index (χ0v) is 14.7. The first-order chi connectivity index (χ1) is 12.5. The number of fused-ring (bicyclic) bond motifs is 1. The van der Waals surface area contributed by atoms with Gasteiger partial charge >= 0.3 is 5.97 Å². The fourth-order valence-corrected chi connectivity index (χ4v) is 2.51. The molecule has 1 aliphatic rings. The quantitative estimate of drug-likeness (QED) is 0.834. The van der Waals surface area contributed by atoms with Crippen LogP contribution in [0.5, 0.6) is 11.5 Å². The van der Waals surface area contributed by atoms with Gasteiger partial charge in [0.1, 0.15) is 6.61 Å². The van der Waals surface area contributed by atoms with Crippen molar-refractivity contribution >= 4 is 17.6 Å². The Morgan fingerprint density at radius 3 is 2.50 bits per heavy atom. The summed E-state index contributed by atoms with van der Waals surface area (Å²) in [7, 11) is 0. The molecule has 26 heavy (non-hydrogen) atoms. The van der Waals surface area contributed by atoms with Gasteiger partial charge in [0, 0.05) is 5.69 Å². The van der Waals surface area contributed by atoms with E-state index < -0.39 is 18.0 Å². The van der Waals surface area contributed by atoms with Crippen molar-refractivity contribution in [3.8, 4) is 11.5 Å². The molecule has 0 aliphatic carbocycles. The van der Waals surface area contributed by atoms with E-state index in [9.17, 15) is 9.59 Å². The van der Waals surface area contributed by atoms with E-state index in [0.717, 1.165) is 0 Å². The maximum atomic E-state index is 12.1. The lowest BCUT2D eigenvalue weighted by atomic mass is 10.0. The third-order valence-corrected chi connectivity index (χ3v) is 3.98. The van der Waals surface area contributed by atoms with Gasteiger partial charge in [-0.15, -0.1) is 0 Å². The van der Waals surface area contributed by atoms with Crippen molar-refractivity contribution in [3.05, 3.63) is 54.1 Å². The van der Waals surface area contributed by atoms with Gasteiger partial charge in [0.05, 0.1) is 0 Å². The highest BCUT2D eigenvalue weighted by Crippen LogP contribution is 2.31. The number of nitrogens with one attached hydrogen (secondary N) is 1. The Kier molecular flexibility index (Phi) is 5.41. The van der Waals surface area contributed by atoms with Gasteiger partial charge in [-0.2, -0.15) is 0 Å². The Bertz CT molecular complexity index is 785. The summed E-state index contributed by atoms with van der Waals surface area (Å²) in [6.07, 6.45) is -0.886. The van der Waals surface area contributed by atoms with Crippen molar-refractivity contribution in [1.29, 1.82) is 0 Å². The second kappa shape index (κ2) is 7.91. The molecular formula is C20H21NO5. The standard InChI is InChI=1S/C20H21NO5/c1-13(2)14-7-9-15(10-8-14)21-19(22)12-25-20(23)18-11-24-16-5-3-4-6-17(16)26-18/h3-10,13,18H,11-12H2,1-2H3,(H,21,22)/t18-/m0/s1. The van der Waals surface area contributed by atoms with Crippen LogP contribution in [0.1, 0.15) is 25.3 Å². The van der Waals surface area contributed by atoms with Crippen LogP contribution < -0.4 is 14.8 Å². The molecule has 0 spiro atoms. The van der Waals surface area contributed by atoms with Crippen molar-refractivity contribution in [3.63, 3.8) is 0 Å². The van der Waals surface area contributed by atoms with Crippen LogP contribution >= 0.6 is 0 Å². The summed E-state index contributed by atoms with van der Waals surface area (Å²) in [5.41, 5.74) is 1.84. The summed E-state index contributed by atoms with van der Waals surface area (Å²) < 4.78 is 16.0. The van der Waals surface area contributed by atoms with E-state index in [1.54, 1.807) is 18.2 Å². The summed E-state index contributed by atoms with van der Waals surface area (Å²) in [5.74, 6) is 0.440. The van der Waals surface area contributed by atoms with E-state index in [1.165, 1.54) is 5.56 Å². The first kappa shape index (κ1) is 17.8. The zero-order chi connectivity index (χ0) is 18.5. The fourth-order valence-electron chi connectivity index (χ4n) is 2.51. The van der Waals surface area contributed by atoms with Crippen molar-refractivity contribution < 1.29 is 23.8 Å². The first-order valence-corrected chi connectivity index (χ1v) is 8.48. The maximum absolute atomic E-state index is 12.1. The summed E-state index contributed by atoms with van der Waals surface area (Å²) in [6, 6.07) is 14.6. The molecule has 0 fully saturated rings. The fraction of sp³-hybridized carbons (Fsp3) is 0.300. The molecule has 0 bridgehead atoms. The molecule has 0 unspecified atom stereocenters. The van der Waals surface area contributed by atoms with Crippen LogP contribution in [-0.2, 0) is 14.3 Å². The van der Waals surface area contributed by atoms with E-state index >= 15 is 0 Å². The van der Waals surface area contributed by atoms with Crippen LogP contribution in [0, 0.1) is 0 Å². The average Bonchev–Trinajstić information content (AvgIpc) is 2.66. The average molecular weight is 355 g/mol. The first-order valence-electron chi connectivity index (χ1n) is 8.48. The molecule has 6 heteroatoms. The molecule has 0 aromatic heterocycles.